The number of halogens is 2. The second-order valence-electron chi connectivity index (χ2n) is 5.03. The number of anilines is 1. The normalized spacial score (nSPS) is 10.7. The highest BCUT2D eigenvalue weighted by Gasteiger charge is 2.15. The van der Waals surface area contributed by atoms with Crippen LogP contribution in [0.25, 0.3) is 22.5 Å². The Bertz CT molecular complexity index is 912. The average molecular weight is 362 g/mol. The Kier molecular flexibility index (Phi) is 4.53. The van der Waals surface area contributed by atoms with Crippen LogP contribution in [-0.2, 0) is 7.05 Å². The average Bonchev–Trinajstić information content (AvgIpc) is 2.55. The summed E-state index contributed by atoms with van der Waals surface area (Å²) in [5, 5.41) is 0.776. The lowest BCUT2D eigenvalue weighted by molar-refractivity contribution is 0.785. The molecule has 24 heavy (non-hydrogen) atoms. The van der Waals surface area contributed by atoms with Crippen molar-refractivity contribution in [3.05, 3.63) is 63.0 Å². The van der Waals surface area contributed by atoms with Gasteiger partial charge in [0, 0.05) is 7.05 Å². The Labute approximate surface area is 147 Å². The Balaban J connectivity index is 0.000000231. The van der Waals surface area contributed by atoms with E-state index < -0.39 is 5.69 Å². The molecule has 0 aliphatic heterocycles. The van der Waals surface area contributed by atoms with Crippen molar-refractivity contribution < 1.29 is 0 Å². The lowest BCUT2D eigenvalue weighted by Gasteiger charge is -2.11. The molecule has 122 valence electrons. The molecule has 0 atom stereocenters. The molecule has 0 unspecified atom stereocenters. The number of fused-ring (bicyclic) bond motifs is 1. The van der Waals surface area contributed by atoms with Crippen LogP contribution in [0.3, 0.4) is 0 Å². The minimum absolute atomic E-state index is 0.00378. The summed E-state index contributed by atoms with van der Waals surface area (Å²) in [6.07, 6.45) is 0. The van der Waals surface area contributed by atoms with Crippen molar-refractivity contribution in [2.45, 2.75) is 0 Å². The summed E-state index contributed by atoms with van der Waals surface area (Å²) in [5.41, 5.74) is 5.02. The zero-order valence-corrected chi connectivity index (χ0v) is 14.1. The van der Waals surface area contributed by atoms with Crippen molar-refractivity contribution in [2.75, 3.05) is 5.43 Å². The van der Waals surface area contributed by atoms with Crippen LogP contribution in [0.5, 0.6) is 0 Å². The lowest BCUT2D eigenvalue weighted by Crippen LogP contribution is -2.26. The zero-order chi connectivity index (χ0) is 17.3. The van der Waals surface area contributed by atoms with Gasteiger partial charge < -0.3 is 0 Å². The van der Waals surface area contributed by atoms with Gasteiger partial charge in [-0.2, -0.15) is 9.97 Å². The van der Waals surface area contributed by atoms with E-state index >= 15 is 0 Å². The van der Waals surface area contributed by atoms with Crippen molar-refractivity contribution in [2.24, 2.45) is 12.9 Å². The zero-order valence-electron chi connectivity index (χ0n) is 12.6. The van der Waals surface area contributed by atoms with Gasteiger partial charge in [-0.3, -0.25) is 9.99 Å². The topological polar surface area (TPSA) is 85.8 Å². The third-order valence-electron chi connectivity index (χ3n) is 3.55. The number of benzene rings is 2. The second-order valence-corrected chi connectivity index (χ2v) is 5.85. The Morgan fingerprint density at radius 3 is 1.96 bits per heavy atom. The molecule has 1 aromatic carbocycles. The van der Waals surface area contributed by atoms with Crippen LogP contribution < -0.4 is 17.0 Å². The summed E-state index contributed by atoms with van der Waals surface area (Å²) >= 11 is 12.1. The van der Waals surface area contributed by atoms with Gasteiger partial charge in [0.1, 0.15) is 0 Å². The van der Waals surface area contributed by atoms with Crippen molar-refractivity contribution >= 4 is 29.2 Å². The first-order chi connectivity index (χ1) is 11.5. The maximum atomic E-state index is 11.6. The quantitative estimate of drug-likeness (QED) is 0.423. The van der Waals surface area contributed by atoms with Gasteiger partial charge in [-0.25, -0.2) is 10.6 Å². The van der Waals surface area contributed by atoms with Crippen LogP contribution in [0.1, 0.15) is 0 Å². The highest BCUT2D eigenvalue weighted by atomic mass is 35.5. The van der Waals surface area contributed by atoms with E-state index in [1.807, 2.05) is 0 Å². The van der Waals surface area contributed by atoms with Crippen LogP contribution in [0.15, 0.2) is 47.3 Å². The molecule has 8 heteroatoms. The van der Waals surface area contributed by atoms with Gasteiger partial charge in [-0.15, -0.1) is 0 Å². The highest BCUT2D eigenvalue weighted by molar-refractivity contribution is 6.39. The Morgan fingerprint density at radius 1 is 1.00 bits per heavy atom. The summed E-state index contributed by atoms with van der Waals surface area (Å²) in [4.78, 5) is 19.3. The van der Waals surface area contributed by atoms with Crippen LogP contribution in [0, 0.1) is 0 Å². The predicted molar refractivity (Wildman–Crippen MR) is 96.0 cm³/mol. The van der Waals surface area contributed by atoms with E-state index in [1.165, 1.54) is 22.7 Å². The molecule has 2 aliphatic rings. The van der Waals surface area contributed by atoms with Crippen LogP contribution in [0.2, 0.25) is 10.0 Å². The molecule has 2 aliphatic carbocycles. The third kappa shape index (κ3) is 2.99. The van der Waals surface area contributed by atoms with Crippen LogP contribution >= 0.6 is 23.2 Å². The van der Waals surface area contributed by atoms with E-state index in [4.69, 9.17) is 29.0 Å². The van der Waals surface area contributed by atoms with Crippen LogP contribution in [-0.4, -0.2) is 14.5 Å². The molecule has 0 spiro atoms. The summed E-state index contributed by atoms with van der Waals surface area (Å²) in [6, 6.07) is 13.5. The first kappa shape index (κ1) is 16.4. The van der Waals surface area contributed by atoms with Gasteiger partial charge in [0.15, 0.2) is 5.82 Å². The number of hydrazine groups is 1. The number of nitrogens with one attached hydrogen (secondary N) is 1. The molecule has 0 amide bonds. The third-order valence-corrected chi connectivity index (χ3v) is 4.18. The fraction of sp³-hybridized carbons (Fsp3) is 0.0625. The number of nitrogen functional groups attached to an aromatic ring is 1. The van der Waals surface area contributed by atoms with E-state index in [1.54, 1.807) is 18.2 Å². The molecule has 1 heterocycles. The van der Waals surface area contributed by atoms with Gasteiger partial charge in [0.2, 0.25) is 5.95 Å². The molecule has 4 rings (SSSR count). The molecule has 0 fully saturated rings. The van der Waals surface area contributed by atoms with Gasteiger partial charge in [0.25, 0.3) is 0 Å². The van der Waals surface area contributed by atoms with E-state index in [-0.39, 0.29) is 5.95 Å². The molecule has 6 nitrogen and oxygen atoms in total. The number of hydrogen-bond donors (Lipinski definition) is 2. The molecule has 1 aromatic heterocycles. The Morgan fingerprint density at radius 2 is 1.54 bits per heavy atom. The van der Waals surface area contributed by atoms with Crippen molar-refractivity contribution in [3.63, 3.8) is 0 Å². The SMILES string of the molecule is Cn1c(-c2c(Cl)cccc2Cl)nc(NN)nc1=O.c1cc2ccc1-2. The minimum atomic E-state index is -0.510. The number of hydrogen-bond acceptors (Lipinski definition) is 5. The number of nitrogens with two attached hydrogens (primary N) is 1. The summed E-state index contributed by atoms with van der Waals surface area (Å²) < 4.78 is 1.24. The molecule has 0 saturated carbocycles. The molecule has 0 bridgehead atoms. The fourth-order valence-electron chi connectivity index (χ4n) is 2.12. The van der Waals surface area contributed by atoms with Gasteiger partial charge in [-0.1, -0.05) is 53.5 Å². The van der Waals surface area contributed by atoms with Crippen molar-refractivity contribution in [1.29, 1.82) is 0 Å². The van der Waals surface area contributed by atoms with Crippen molar-refractivity contribution in [1.82, 2.24) is 14.5 Å². The molecular formula is C16H13Cl2N5O. The number of rotatable bonds is 2. The van der Waals surface area contributed by atoms with Gasteiger partial charge >= 0.3 is 5.69 Å². The maximum Gasteiger partial charge on any atom is 0.352 e. The van der Waals surface area contributed by atoms with E-state index in [2.05, 4.69) is 39.7 Å². The molecular weight excluding hydrogens is 349 g/mol. The second kappa shape index (κ2) is 6.60. The van der Waals surface area contributed by atoms with E-state index in [0.717, 1.165) is 0 Å². The summed E-state index contributed by atoms with van der Waals surface area (Å²) in [5.74, 6) is 5.50. The Hall–Kier alpha value is -2.41. The maximum absolute atomic E-state index is 11.6. The molecule has 3 N–H and O–H groups in total. The van der Waals surface area contributed by atoms with E-state index in [0.29, 0.717) is 21.4 Å². The van der Waals surface area contributed by atoms with Gasteiger partial charge in [-0.05, 0) is 23.3 Å². The first-order valence-corrected chi connectivity index (χ1v) is 7.73. The largest absolute Gasteiger partial charge is 0.352 e. The molecule has 2 aromatic rings. The van der Waals surface area contributed by atoms with Gasteiger partial charge in [0.05, 0.1) is 15.6 Å². The predicted octanol–water partition coefficient (Wildman–Crippen LogP) is 3.10. The number of nitrogens with zero attached hydrogens (tertiary/aromatic N) is 3. The monoisotopic (exact) mass is 361 g/mol. The smallest absolute Gasteiger partial charge is 0.292 e. The fourth-order valence-corrected chi connectivity index (χ4v) is 2.69. The summed E-state index contributed by atoms with van der Waals surface area (Å²) in [7, 11) is 1.53. The minimum Gasteiger partial charge on any atom is -0.292 e. The molecule has 0 saturated heterocycles. The van der Waals surface area contributed by atoms with Crippen molar-refractivity contribution in [3.8, 4) is 22.5 Å². The van der Waals surface area contributed by atoms with Crippen LogP contribution in [0.4, 0.5) is 5.95 Å². The summed E-state index contributed by atoms with van der Waals surface area (Å²) in [6.45, 7) is 0. The lowest BCUT2D eigenvalue weighted by atomic mass is 9.95. The highest BCUT2D eigenvalue weighted by Crippen LogP contribution is 2.32. The first-order valence-electron chi connectivity index (χ1n) is 6.98. The number of aromatic nitrogens is 3. The standard InChI is InChI=1S/C10H9Cl2N5O.C6H4/c1-17-8(14-9(16-13)15-10(17)18)7-5(11)3-2-4-6(7)12;1-2-6-4-3-5(1)6/h2-4H,13H2,1H3,(H,15,16,18);1-4H. The van der Waals surface area contributed by atoms with E-state index in [9.17, 15) is 4.79 Å². The molecule has 0 radical (unpaired) electrons.